The Morgan fingerprint density at radius 1 is 1.21 bits per heavy atom. The summed E-state index contributed by atoms with van der Waals surface area (Å²) in [5.41, 5.74) is 1.12. The van der Waals surface area contributed by atoms with Crippen molar-refractivity contribution in [3.8, 4) is 0 Å². The van der Waals surface area contributed by atoms with Gasteiger partial charge in [0.2, 0.25) is 0 Å². The van der Waals surface area contributed by atoms with Gasteiger partial charge in [-0.25, -0.2) is 0 Å². The number of nitrogens with zero attached hydrogens (tertiary/aromatic N) is 1. The normalized spacial score (nSPS) is 54.7. The van der Waals surface area contributed by atoms with Gasteiger partial charge in [0.25, 0.3) is 0 Å². The van der Waals surface area contributed by atoms with Gasteiger partial charge in [-0.3, -0.25) is 9.69 Å². The van der Waals surface area contributed by atoms with Gasteiger partial charge in [0.05, 0.1) is 0 Å². The van der Waals surface area contributed by atoms with E-state index in [9.17, 15) is 9.90 Å². The maximum atomic E-state index is 11.5. The van der Waals surface area contributed by atoms with E-state index in [-0.39, 0.29) is 5.41 Å². The molecule has 24 heavy (non-hydrogen) atoms. The molecule has 2 saturated carbocycles. The molecular weight excluding hydrogens is 298 g/mol. The fraction of sp³-hybridized carbons (Fsp3) is 0.952. The van der Waals surface area contributed by atoms with Gasteiger partial charge >= 0.3 is 5.97 Å². The van der Waals surface area contributed by atoms with E-state index < -0.39 is 5.97 Å². The summed E-state index contributed by atoms with van der Waals surface area (Å²) < 4.78 is 0. The number of rotatable bonds is 4. The first-order valence-corrected chi connectivity index (χ1v) is 10.4. The molecule has 3 saturated heterocycles. The zero-order chi connectivity index (χ0) is 16.9. The number of piperidine rings is 1. The second-order valence-electron chi connectivity index (χ2n) is 10.3. The number of carboxylic acids is 1. The van der Waals surface area contributed by atoms with Crippen molar-refractivity contribution in [2.75, 3.05) is 0 Å². The van der Waals surface area contributed by atoms with Crippen molar-refractivity contribution >= 4 is 5.97 Å². The standard InChI is InChI=1S/C21H33NO2/c1-13(2)14-6-10-19(3)16-7-11-20-9-4-5-15(20)21(19,12-8-17(23)24)18(14)22(16)20/h13-16,18H,4-12H2,1-3H3,(H,23,24)/t14-,15-,16-,18+,19+,20-,21+/m1/s1. The monoisotopic (exact) mass is 331 g/mol. The first-order valence-electron chi connectivity index (χ1n) is 10.4. The summed E-state index contributed by atoms with van der Waals surface area (Å²) in [4.78, 5) is 14.6. The quantitative estimate of drug-likeness (QED) is 0.834. The second-order valence-corrected chi connectivity index (χ2v) is 10.3. The van der Waals surface area contributed by atoms with Gasteiger partial charge in [0.15, 0.2) is 0 Å². The molecule has 5 fully saturated rings. The van der Waals surface area contributed by atoms with Crippen molar-refractivity contribution in [2.45, 2.75) is 96.2 Å². The predicted molar refractivity (Wildman–Crippen MR) is 93.7 cm³/mol. The highest BCUT2D eigenvalue weighted by Gasteiger charge is 2.84. The van der Waals surface area contributed by atoms with Crippen LogP contribution in [0.2, 0.25) is 0 Å². The van der Waals surface area contributed by atoms with Crippen LogP contribution < -0.4 is 0 Å². The van der Waals surface area contributed by atoms with Gasteiger partial charge in [-0.05, 0) is 73.5 Å². The Hall–Kier alpha value is -0.570. The molecule has 0 unspecified atom stereocenters. The predicted octanol–water partition coefficient (Wildman–Crippen LogP) is 4.31. The molecule has 3 aliphatic heterocycles. The minimum atomic E-state index is -0.586. The number of hydrogen-bond acceptors (Lipinski definition) is 2. The van der Waals surface area contributed by atoms with E-state index in [1.165, 1.54) is 44.9 Å². The smallest absolute Gasteiger partial charge is 0.303 e. The van der Waals surface area contributed by atoms with E-state index in [1.807, 2.05) is 0 Å². The molecular formula is C21H33NO2. The fourth-order valence-electron chi connectivity index (χ4n) is 9.19. The molecule has 0 aromatic carbocycles. The lowest BCUT2D eigenvalue weighted by molar-refractivity contribution is -0.140. The van der Waals surface area contributed by atoms with Crippen molar-refractivity contribution < 1.29 is 9.90 Å². The molecule has 1 spiro atoms. The van der Waals surface area contributed by atoms with Crippen LogP contribution in [0.5, 0.6) is 0 Å². The van der Waals surface area contributed by atoms with Crippen LogP contribution in [0, 0.1) is 28.6 Å². The third kappa shape index (κ3) is 1.42. The zero-order valence-corrected chi connectivity index (χ0v) is 15.6. The fourth-order valence-corrected chi connectivity index (χ4v) is 9.19. The molecule has 3 heterocycles. The van der Waals surface area contributed by atoms with E-state index in [0.29, 0.717) is 23.4 Å². The van der Waals surface area contributed by atoms with Gasteiger partial charge in [0, 0.05) is 24.0 Å². The zero-order valence-electron chi connectivity index (χ0n) is 15.6. The van der Waals surface area contributed by atoms with Gasteiger partial charge in [-0.15, -0.1) is 0 Å². The first-order chi connectivity index (χ1) is 11.4. The average molecular weight is 332 g/mol. The van der Waals surface area contributed by atoms with Crippen molar-refractivity contribution in [3.05, 3.63) is 0 Å². The second kappa shape index (κ2) is 4.58. The third-order valence-electron chi connectivity index (χ3n) is 9.71. The maximum Gasteiger partial charge on any atom is 0.303 e. The SMILES string of the molecule is CC(C)[C@H]1CC[C@@]2(C)[C@H]3CC[C@]45CCC[C@H]4[C@@]2(CCC(=O)O)[C@H]1N35. The Kier molecular flexibility index (Phi) is 2.99. The Bertz CT molecular complexity index is 588. The third-order valence-corrected chi connectivity index (χ3v) is 9.71. The van der Waals surface area contributed by atoms with Crippen molar-refractivity contribution in [1.29, 1.82) is 0 Å². The minimum absolute atomic E-state index is 0.288. The van der Waals surface area contributed by atoms with Crippen molar-refractivity contribution in [2.24, 2.45) is 28.6 Å². The van der Waals surface area contributed by atoms with Crippen LogP contribution in [-0.2, 0) is 4.79 Å². The maximum absolute atomic E-state index is 11.5. The molecule has 5 aliphatic rings. The lowest BCUT2D eigenvalue weighted by atomic mass is 9.46. The van der Waals surface area contributed by atoms with Crippen LogP contribution in [0.25, 0.3) is 0 Å². The molecule has 5 rings (SSSR count). The lowest BCUT2D eigenvalue weighted by Gasteiger charge is -2.57. The first kappa shape index (κ1) is 15.7. The summed E-state index contributed by atoms with van der Waals surface area (Å²) in [5, 5.41) is 9.49. The van der Waals surface area contributed by atoms with Crippen LogP contribution in [0.3, 0.4) is 0 Å². The van der Waals surface area contributed by atoms with Gasteiger partial charge in [-0.1, -0.05) is 27.2 Å². The average Bonchev–Trinajstić information content (AvgIpc) is 3.16. The molecule has 0 radical (unpaired) electrons. The summed E-state index contributed by atoms with van der Waals surface area (Å²) in [6.45, 7) is 7.38. The summed E-state index contributed by atoms with van der Waals surface area (Å²) in [5.74, 6) is 1.69. The minimum Gasteiger partial charge on any atom is -0.481 e. The molecule has 0 amide bonds. The summed E-state index contributed by atoms with van der Waals surface area (Å²) >= 11 is 0. The van der Waals surface area contributed by atoms with Crippen LogP contribution in [0.1, 0.15) is 78.6 Å². The Labute approximate surface area is 146 Å². The topological polar surface area (TPSA) is 40.5 Å². The molecule has 2 aliphatic carbocycles. The van der Waals surface area contributed by atoms with Crippen molar-refractivity contribution in [3.63, 3.8) is 0 Å². The molecule has 0 aromatic heterocycles. The van der Waals surface area contributed by atoms with Gasteiger partial charge in [0.1, 0.15) is 0 Å². The number of carbonyl (C=O) groups is 1. The summed E-state index contributed by atoms with van der Waals surface area (Å²) in [6, 6.07) is 1.42. The van der Waals surface area contributed by atoms with Gasteiger partial charge < -0.3 is 5.11 Å². The number of fused-ring (bicyclic) bond motifs is 1. The highest BCUT2D eigenvalue weighted by molar-refractivity contribution is 5.67. The number of aliphatic carboxylic acids is 1. The van der Waals surface area contributed by atoms with Gasteiger partial charge in [-0.2, -0.15) is 0 Å². The highest BCUT2D eigenvalue weighted by Crippen LogP contribution is 2.82. The van der Waals surface area contributed by atoms with Crippen LogP contribution in [0.4, 0.5) is 0 Å². The van der Waals surface area contributed by atoms with Crippen LogP contribution in [-0.4, -0.2) is 33.6 Å². The lowest BCUT2D eigenvalue weighted by Crippen LogP contribution is -2.57. The summed E-state index contributed by atoms with van der Waals surface area (Å²) in [6.07, 6.45) is 10.9. The Morgan fingerprint density at radius 2 is 2.00 bits per heavy atom. The van der Waals surface area contributed by atoms with E-state index in [0.717, 1.165) is 30.2 Å². The van der Waals surface area contributed by atoms with E-state index in [1.54, 1.807) is 0 Å². The molecule has 3 heteroatoms. The van der Waals surface area contributed by atoms with E-state index in [2.05, 4.69) is 25.7 Å². The molecule has 0 aromatic rings. The van der Waals surface area contributed by atoms with E-state index >= 15 is 0 Å². The van der Waals surface area contributed by atoms with Crippen LogP contribution in [0.15, 0.2) is 0 Å². The molecule has 1 N–H and O–H groups in total. The molecule has 134 valence electrons. The van der Waals surface area contributed by atoms with E-state index in [4.69, 9.17) is 0 Å². The number of hydrogen-bond donors (Lipinski definition) is 1. The highest BCUT2D eigenvalue weighted by atomic mass is 16.4. The molecule has 3 nitrogen and oxygen atoms in total. The van der Waals surface area contributed by atoms with Crippen molar-refractivity contribution in [1.82, 2.24) is 4.90 Å². The number of carboxylic acid groups (broad SMARTS) is 1. The Morgan fingerprint density at radius 3 is 2.71 bits per heavy atom. The largest absolute Gasteiger partial charge is 0.481 e. The molecule has 4 bridgehead atoms. The van der Waals surface area contributed by atoms with Crippen LogP contribution >= 0.6 is 0 Å². The Balaban J connectivity index is 1.69. The molecule has 7 atom stereocenters. The summed E-state index contributed by atoms with van der Waals surface area (Å²) in [7, 11) is 0.